The fourth-order valence-corrected chi connectivity index (χ4v) is 1.76. The van der Waals surface area contributed by atoms with Crippen molar-refractivity contribution >= 4 is 6.09 Å². The minimum Gasteiger partial charge on any atom is -0.449 e. The summed E-state index contributed by atoms with van der Waals surface area (Å²) in [5.74, 6) is 0. The van der Waals surface area contributed by atoms with Crippen molar-refractivity contribution in [2.75, 3.05) is 6.61 Å². The smallest absolute Gasteiger partial charge is 0.407 e. The third-order valence-corrected chi connectivity index (χ3v) is 2.72. The van der Waals surface area contributed by atoms with Gasteiger partial charge in [0.25, 0.3) is 0 Å². The molecule has 1 heterocycles. The summed E-state index contributed by atoms with van der Waals surface area (Å²) in [5.41, 5.74) is 2.47. The largest absolute Gasteiger partial charge is 0.449 e. The first kappa shape index (κ1) is 10.0. The fraction of sp³-hybridized carbons (Fsp3) is 0.417. The molecule has 1 aliphatic rings. The van der Waals surface area contributed by atoms with E-state index in [4.69, 9.17) is 4.74 Å². The summed E-state index contributed by atoms with van der Waals surface area (Å²) in [6, 6.07) is 8.48. The fourth-order valence-electron chi connectivity index (χ4n) is 1.76. The number of carbonyl (C=O) groups is 1. The molecule has 1 aromatic carbocycles. The third kappa shape index (κ3) is 2.29. The molecule has 0 radical (unpaired) electrons. The zero-order valence-corrected chi connectivity index (χ0v) is 8.82. The van der Waals surface area contributed by atoms with E-state index in [-0.39, 0.29) is 12.1 Å². The summed E-state index contributed by atoms with van der Waals surface area (Å²) in [4.78, 5) is 11.0. The summed E-state index contributed by atoms with van der Waals surface area (Å²) < 4.78 is 4.82. The zero-order chi connectivity index (χ0) is 10.7. The van der Waals surface area contributed by atoms with E-state index in [2.05, 4.69) is 36.5 Å². The van der Waals surface area contributed by atoms with E-state index in [9.17, 15) is 4.79 Å². The maximum absolute atomic E-state index is 11.0. The maximum atomic E-state index is 11.0. The molecule has 1 fully saturated rings. The summed E-state index contributed by atoms with van der Waals surface area (Å²) >= 11 is 0. The van der Waals surface area contributed by atoms with Crippen LogP contribution in [0.4, 0.5) is 4.79 Å². The van der Waals surface area contributed by atoms with Gasteiger partial charge in [-0.2, -0.15) is 0 Å². The van der Waals surface area contributed by atoms with Crippen molar-refractivity contribution in [1.29, 1.82) is 0 Å². The van der Waals surface area contributed by atoms with E-state index in [1.165, 1.54) is 5.56 Å². The van der Waals surface area contributed by atoms with Gasteiger partial charge >= 0.3 is 6.09 Å². The molecular weight excluding hydrogens is 190 g/mol. The Balaban J connectivity index is 2.11. The lowest BCUT2D eigenvalue weighted by molar-refractivity contribution is 0.115. The number of hydrogen-bond donors (Lipinski definition) is 1. The Bertz CT molecular complexity index is 345. The van der Waals surface area contributed by atoms with Gasteiger partial charge in [-0.25, -0.2) is 4.79 Å². The molecule has 80 valence electrons. The van der Waals surface area contributed by atoms with Crippen LogP contribution in [0.2, 0.25) is 0 Å². The first-order chi connectivity index (χ1) is 7.29. The Hall–Kier alpha value is -1.51. The minimum absolute atomic E-state index is 0.108. The molecule has 1 aliphatic heterocycles. The lowest BCUT2D eigenvalue weighted by Gasteiger charge is -2.23. The van der Waals surface area contributed by atoms with Crippen LogP contribution < -0.4 is 5.32 Å². The SMILES string of the molecule is CCc1ccc([C@@H]2CCOC(=O)N2)cc1. The molecule has 15 heavy (non-hydrogen) atoms. The number of nitrogens with one attached hydrogen (secondary N) is 1. The van der Waals surface area contributed by atoms with Crippen molar-refractivity contribution in [3.05, 3.63) is 35.4 Å². The van der Waals surface area contributed by atoms with Crippen LogP contribution >= 0.6 is 0 Å². The summed E-state index contributed by atoms with van der Waals surface area (Å²) in [5, 5.41) is 2.81. The highest BCUT2D eigenvalue weighted by atomic mass is 16.5. The number of rotatable bonds is 2. The lowest BCUT2D eigenvalue weighted by atomic mass is 10.0. The van der Waals surface area contributed by atoms with Gasteiger partial charge < -0.3 is 10.1 Å². The molecule has 0 unspecified atom stereocenters. The molecule has 1 N–H and O–H groups in total. The number of cyclic esters (lactones) is 1. The molecule has 1 aromatic rings. The maximum Gasteiger partial charge on any atom is 0.407 e. The number of carbonyl (C=O) groups excluding carboxylic acids is 1. The van der Waals surface area contributed by atoms with Crippen LogP contribution in [0.15, 0.2) is 24.3 Å². The topological polar surface area (TPSA) is 38.3 Å². The van der Waals surface area contributed by atoms with Crippen LogP contribution in [0.25, 0.3) is 0 Å². The Morgan fingerprint density at radius 2 is 2.13 bits per heavy atom. The minimum atomic E-state index is -0.314. The molecule has 1 amide bonds. The summed E-state index contributed by atoms with van der Waals surface area (Å²) in [6.07, 6.45) is 1.57. The number of benzene rings is 1. The predicted molar refractivity (Wildman–Crippen MR) is 57.7 cm³/mol. The van der Waals surface area contributed by atoms with Gasteiger partial charge in [0.15, 0.2) is 0 Å². The monoisotopic (exact) mass is 205 g/mol. The molecule has 0 bridgehead atoms. The molecule has 3 nitrogen and oxygen atoms in total. The van der Waals surface area contributed by atoms with Crippen molar-refractivity contribution in [2.24, 2.45) is 0 Å². The van der Waals surface area contributed by atoms with Crippen molar-refractivity contribution in [3.8, 4) is 0 Å². The first-order valence-corrected chi connectivity index (χ1v) is 5.31. The normalized spacial score (nSPS) is 20.6. The first-order valence-electron chi connectivity index (χ1n) is 5.31. The molecule has 0 aromatic heterocycles. The van der Waals surface area contributed by atoms with Crippen molar-refractivity contribution in [2.45, 2.75) is 25.8 Å². The zero-order valence-electron chi connectivity index (χ0n) is 8.82. The number of aryl methyl sites for hydroxylation is 1. The summed E-state index contributed by atoms with van der Waals surface area (Å²) in [7, 11) is 0. The lowest BCUT2D eigenvalue weighted by Crippen LogP contribution is -2.35. The quantitative estimate of drug-likeness (QED) is 0.805. The van der Waals surface area contributed by atoms with Gasteiger partial charge in [0.2, 0.25) is 0 Å². The van der Waals surface area contributed by atoms with E-state index in [0.29, 0.717) is 6.61 Å². The van der Waals surface area contributed by atoms with Crippen LogP contribution in [0, 0.1) is 0 Å². The van der Waals surface area contributed by atoms with Gasteiger partial charge in [0.1, 0.15) is 0 Å². The Morgan fingerprint density at radius 3 is 2.73 bits per heavy atom. The van der Waals surface area contributed by atoms with Gasteiger partial charge in [-0.1, -0.05) is 31.2 Å². The van der Waals surface area contributed by atoms with Crippen LogP contribution in [0.1, 0.15) is 30.5 Å². The van der Waals surface area contributed by atoms with E-state index in [1.807, 2.05) is 0 Å². The third-order valence-electron chi connectivity index (χ3n) is 2.72. The number of amides is 1. The average molecular weight is 205 g/mol. The number of alkyl carbamates (subject to hydrolysis) is 1. The standard InChI is InChI=1S/C12H15NO2/c1-2-9-3-5-10(6-4-9)11-7-8-15-12(14)13-11/h3-6,11H,2,7-8H2,1H3,(H,13,14)/t11-/m0/s1. The Morgan fingerprint density at radius 1 is 1.40 bits per heavy atom. The highest BCUT2D eigenvalue weighted by Gasteiger charge is 2.20. The molecule has 0 spiro atoms. The van der Waals surface area contributed by atoms with Gasteiger partial charge in [-0.05, 0) is 17.5 Å². The molecule has 3 heteroatoms. The number of hydrogen-bond acceptors (Lipinski definition) is 2. The molecule has 2 rings (SSSR count). The van der Waals surface area contributed by atoms with Crippen LogP contribution in [0.3, 0.4) is 0 Å². The van der Waals surface area contributed by atoms with Gasteiger partial charge in [-0.3, -0.25) is 0 Å². The van der Waals surface area contributed by atoms with Crippen molar-refractivity contribution in [1.82, 2.24) is 5.32 Å². The Kier molecular flexibility index (Phi) is 2.90. The van der Waals surface area contributed by atoms with Gasteiger partial charge in [-0.15, -0.1) is 0 Å². The second-order valence-corrected chi connectivity index (χ2v) is 3.72. The molecule has 1 saturated heterocycles. The van der Waals surface area contributed by atoms with E-state index < -0.39 is 0 Å². The summed E-state index contributed by atoms with van der Waals surface area (Å²) in [6.45, 7) is 2.64. The Labute approximate surface area is 89.4 Å². The van der Waals surface area contributed by atoms with E-state index in [1.54, 1.807) is 0 Å². The van der Waals surface area contributed by atoms with Gasteiger partial charge in [0, 0.05) is 6.42 Å². The van der Waals surface area contributed by atoms with E-state index >= 15 is 0 Å². The van der Waals surface area contributed by atoms with Crippen LogP contribution in [0.5, 0.6) is 0 Å². The second-order valence-electron chi connectivity index (χ2n) is 3.72. The second kappa shape index (κ2) is 4.34. The van der Waals surface area contributed by atoms with Crippen molar-refractivity contribution < 1.29 is 9.53 Å². The van der Waals surface area contributed by atoms with E-state index in [0.717, 1.165) is 18.4 Å². The van der Waals surface area contributed by atoms with Crippen LogP contribution in [-0.2, 0) is 11.2 Å². The average Bonchev–Trinajstić information content (AvgIpc) is 2.29. The number of ether oxygens (including phenoxy) is 1. The predicted octanol–water partition coefficient (Wildman–Crippen LogP) is 2.42. The highest BCUT2D eigenvalue weighted by Crippen LogP contribution is 2.20. The molecule has 1 atom stereocenters. The molecule has 0 saturated carbocycles. The highest BCUT2D eigenvalue weighted by molar-refractivity contribution is 5.68. The molecular formula is C12H15NO2. The van der Waals surface area contributed by atoms with Crippen molar-refractivity contribution in [3.63, 3.8) is 0 Å². The van der Waals surface area contributed by atoms with Gasteiger partial charge in [0.05, 0.1) is 12.6 Å². The van der Waals surface area contributed by atoms with Crippen LogP contribution in [-0.4, -0.2) is 12.7 Å². The molecule has 0 aliphatic carbocycles.